The molecule has 0 bridgehead atoms. The van der Waals surface area contributed by atoms with Gasteiger partial charge in [0.25, 0.3) is 0 Å². The highest BCUT2D eigenvalue weighted by Gasteiger charge is 2.37. The molecule has 0 fully saturated rings. The molecule has 0 aromatic heterocycles. The zero-order chi connectivity index (χ0) is 60.6. The number of carboxylic acids is 2. The third kappa shape index (κ3) is 25.4. The fourth-order valence-corrected chi connectivity index (χ4v) is 8.35. The Bertz CT molecular complexity index is 2420. The van der Waals surface area contributed by atoms with Gasteiger partial charge in [-0.1, -0.05) is 97.9 Å². The number of benzene rings is 2. The Kier molecular flexibility index (Phi) is 28.8. The standard InChI is InChI=1S/C55H84N10O15/c1-28(2)21-36(56)47(71)59-40(26-34-15-17-35(67)18-16-34)50(74)61-39(23-30(5)6)53(77)65-46(32(9)66)54(78)58-37(19-20-44(57)68)48(72)63-42(27-45(69)70)52(76)60-38(22-29(3)4)49(73)62-41(25-33-13-11-10-12-14-33)51(75)64-43(55(79)80)24-31(7)8/h10-18,28-32,36-43,46,66-67H,19-27,56H2,1-9H3,(H2,57,68)(H,58,78)(H,59,71)(H,60,76)(H,61,74)(H,62,73)(H,63,72)(H,64,75)(H,65,77)(H,69,70)(H,79,80)/t32-,36+,37+,38+,39+,40+,41+,42+,43+,46+/m1/s1. The summed E-state index contributed by atoms with van der Waals surface area (Å²) in [5, 5.41) is 60.2. The van der Waals surface area contributed by atoms with Gasteiger partial charge in [-0.25, -0.2) is 4.79 Å². The maximum absolute atomic E-state index is 14.1. The first-order chi connectivity index (χ1) is 37.4. The van der Waals surface area contributed by atoms with Gasteiger partial charge >= 0.3 is 11.9 Å². The smallest absolute Gasteiger partial charge is 0.326 e. The van der Waals surface area contributed by atoms with Crippen LogP contribution in [0.25, 0.3) is 0 Å². The number of phenolic OH excluding ortho intramolecular Hbond substituents is 1. The number of aliphatic hydroxyl groups is 1. The van der Waals surface area contributed by atoms with Crippen LogP contribution in [0.2, 0.25) is 0 Å². The average Bonchev–Trinajstić information content (AvgIpc) is 3.35. The molecule has 0 aliphatic rings. The molecule has 444 valence electrons. The molecule has 10 atom stereocenters. The number of amides is 9. The maximum Gasteiger partial charge on any atom is 0.326 e. The number of hydrogen-bond acceptors (Lipinski definition) is 14. The van der Waals surface area contributed by atoms with Crippen LogP contribution in [-0.2, 0) is 65.6 Å². The molecule has 9 amide bonds. The number of aromatic hydroxyl groups is 1. The molecule has 2 aromatic rings. The van der Waals surface area contributed by atoms with Crippen molar-refractivity contribution in [1.29, 1.82) is 0 Å². The molecule has 0 saturated heterocycles. The van der Waals surface area contributed by atoms with E-state index in [2.05, 4.69) is 42.5 Å². The molecule has 2 aromatic carbocycles. The largest absolute Gasteiger partial charge is 0.508 e. The van der Waals surface area contributed by atoms with Crippen LogP contribution in [0.4, 0.5) is 0 Å². The number of carbonyl (C=O) groups is 11. The van der Waals surface area contributed by atoms with Crippen LogP contribution in [-0.4, -0.2) is 146 Å². The van der Waals surface area contributed by atoms with Gasteiger partial charge in [0, 0.05) is 19.3 Å². The summed E-state index contributed by atoms with van der Waals surface area (Å²) in [5.41, 5.74) is 12.6. The van der Waals surface area contributed by atoms with Crippen molar-refractivity contribution >= 4 is 65.1 Å². The molecule has 25 nitrogen and oxygen atoms in total. The number of aliphatic hydroxyl groups excluding tert-OH is 1. The predicted octanol–water partition coefficient (Wildman–Crippen LogP) is -0.227. The number of nitrogens with two attached hydrogens (primary N) is 2. The van der Waals surface area contributed by atoms with E-state index in [1.807, 2.05) is 13.8 Å². The molecule has 0 saturated carbocycles. The van der Waals surface area contributed by atoms with E-state index in [0.29, 0.717) is 17.5 Å². The molecule has 0 aliphatic heterocycles. The first kappa shape index (κ1) is 68.4. The summed E-state index contributed by atoms with van der Waals surface area (Å²) in [5.74, 6) is -12.3. The van der Waals surface area contributed by atoms with Crippen LogP contribution >= 0.6 is 0 Å². The first-order valence-corrected chi connectivity index (χ1v) is 26.8. The van der Waals surface area contributed by atoms with Gasteiger partial charge < -0.3 is 74.4 Å². The van der Waals surface area contributed by atoms with Crippen molar-refractivity contribution in [1.82, 2.24) is 42.5 Å². The van der Waals surface area contributed by atoms with Gasteiger partial charge in [-0.2, -0.15) is 0 Å². The van der Waals surface area contributed by atoms with Crippen molar-refractivity contribution in [3.8, 4) is 5.75 Å². The second-order valence-corrected chi connectivity index (χ2v) is 21.8. The third-order valence-corrected chi connectivity index (χ3v) is 12.4. The number of carbonyl (C=O) groups excluding carboxylic acids is 9. The lowest BCUT2D eigenvalue weighted by Gasteiger charge is -2.29. The predicted molar refractivity (Wildman–Crippen MR) is 293 cm³/mol. The fourth-order valence-electron chi connectivity index (χ4n) is 8.35. The van der Waals surface area contributed by atoms with E-state index in [9.17, 15) is 73.2 Å². The molecule has 80 heavy (non-hydrogen) atoms. The summed E-state index contributed by atoms with van der Waals surface area (Å²) >= 11 is 0. The first-order valence-electron chi connectivity index (χ1n) is 26.8. The van der Waals surface area contributed by atoms with Crippen molar-refractivity contribution in [2.24, 2.45) is 35.1 Å². The Labute approximate surface area is 466 Å². The summed E-state index contributed by atoms with van der Waals surface area (Å²) in [6, 6.07) is 0.948. The minimum atomic E-state index is -1.95. The van der Waals surface area contributed by atoms with E-state index < -0.39 is 145 Å². The van der Waals surface area contributed by atoms with Crippen molar-refractivity contribution in [2.45, 2.75) is 181 Å². The van der Waals surface area contributed by atoms with Crippen LogP contribution in [0, 0.1) is 23.7 Å². The molecule has 2 rings (SSSR count). The molecular formula is C55H84N10O15. The van der Waals surface area contributed by atoms with E-state index in [1.54, 1.807) is 71.9 Å². The van der Waals surface area contributed by atoms with Crippen LogP contribution in [0.5, 0.6) is 5.75 Å². The van der Waals surface area contributed by atoms with Crippen LogP contribution in [0.1, 0.15) is 118 Å². The number of rotatable bonds is 35. The topological polar surface area (TPSA) is 417 Å². The summed E-state index contributed by atoms with van der Waals surface area (Å²) in [6.45, 7) is 15.3. The zero-order valence-electron chi connectivity index (χ0n) is 47.1. The van der Waals surface area contributed by atoms with Gasteiger partial charge in [0.2, 0.25) is 53.2 Å². The van der Waals surface area contributed by atoms with Gasteiger partial charge in [0.1, 0.15) is 54.1 Å². The van der Waals surface area contributed by atoms with E-state index in [1.165, 1.54) is 24.3 Å². The second kappa shape index (κ2) is 33.7. The van der Waals surface area contributed by atoms with Gasteiger partial charge in [0.05, 0.1) is 18.6 Å². The van der Waals surface area contributed by atoms with Crippen LogP contribution in [0.15, 0.2) is 54.6 Å². The molecule has 0 spiro atoms. The molecule has 0 radical (unpaired) electrons. The molecule has 0 heterocycles. The van der Waals surface area contributed by atoms with E-state index in [-0.39, 0.29) is 61.5 Å². The molecule has 16 N–H and O–H groups in total. The van der Waals surface area contributed by atoms with Crippen molar-refractivity contribution in [3.63, 3.8) is 0 Å². The number of phenols is 1. The summed E-state index contributed by atoms with van der Waals surface area (Å²) in [7, 11) is 0. The van der Waals surface area contributed by atoms with Crippen LogP contribution in [0.3, 0.4) is 0 Å². The Morgan fingerprint density at radius 2 is 0.825 bits per heavy atom. The Morgan fingerprint density at radius 1 is 0.450 bits per heavy atom. The minimum Gasteiger partial charge on any atom is -0.508 e. The average molecular weight is 1130 g/mol. The van der Waals surface area contributed by atoms with Crippen LogP contribution < -0.4 is 54.0 Å². The highest BCUT2D eigenvalue weighted by atomic mass is 16.4. The van der Waals surface area contributed by atoms with Gasteiger partial charge in [-0.15, -0.1) is 0 Å². The maximum atomic E-state index is 14.1. The second-order valence-electron chi connectivity index (χ2n) is 21.8. The van der Waals surface area contributed by atoms with E-state index in [4.69, 9.17) is 11.5 Å². The minimum absolute atomic E-state index is 0.0237. The molecule has 25 heteroatoms. The number of hydrogen-bond donors (Lipinski definition) is 14. The normalized spacial score (nSPS) is 15.1. The Morgan fingerprint density at radius 3 is 1.27 bits per heavy atom. The monoisotopic (exact) mass is 1120 g/mol. The van der Waals surface area contributed by atoms with Gasteiger partial charge in [-0.05, 0) is 86.0 Å². The Balaban J connectivity index is 2.44. The van der Waals surface area contributed by atoms with Crippen molar-refractivity contribution in [2.75, 3.05) is 0 Å². The fraction of sp³-hybridized carbons (Fsp3) is 0.582. The molecule has 0 unspecified atom stereocenters. The molecule has 0 aliphatic carbocycles. The van der Waals surface area contributed by atoms with E-state index in [0.717, 1.165) is 6.92 Å². The number of aliphatic carboxylic acids is 2. The Hall–Kier alpha value is -7.67. The van der Waals surface area contributed by atoms with Gasteiger partial charge in [0.15, 0.2) is 0 Å². The van der Waals surface area contributed by atoms with Crippen molar-refractivity contribution in [3.05, 3.63) is 65.7 Å². The summed E-state index contributed by atoms with van der Waals surface area (Å²) in [4.78, 5) is 148. The highest BCUT2D eigenvalue weighted by molar-refractivity contribution is 5.99. The SMILES string of the molecule is CC(C)C[C@H](NC(=O)[C@H](Cc1ccccc1)NC(=O)[C@H](CC(C)C)NC(=O)[C@H](CC(=O)O)NC(=O)[C@H](CCC(N)=O)NC(=O)[C@@H](NC(=O)[C@H](CC(C)C)NC(=O)[C@H](Cc1ccc(O)cc1)NC(=O)[C@@H](N)CC(C)C)[C@@H](C)O)C(=O)O. The third-order valence-electron chi connectivity index (χ3n) is 12.4. The summed E-state index contributed by atoms with van der Waals surface area (Å²) < 4.78 is 0. The lowest BCUT2D eigenvalue weighted by molar-refractivity contribution is -0.142. The lowest BCUT2D eigenvalue weighted by Crippen LogP contribution is -2.62. The molecular weight excluding hydrogens is 1040 g/mol. The zero-order valence-corrected chi connectivity index (χ0v) is 47.1. The number of primary amides is 1. The van der Waals surface area contributed by atoms with Crippen molar-refractivity contribution < 1.29 is 73.2 Å². The number of nitrogens with one attached hydrogen (secondary N) is 8. The lowest BCUT2D eigenvalue weighted by atomic mass is 9.99. The van der Waals surface area contributed by atoms with E-state index >= 15 is 0 Å². The number of carboxylic acid groups (broad SMARTS) is 2. The summed E-state index contributed by atoms with van der Waals surface area (Å²) in [6.07, 6.45) is -3.78. The van der Waals surface area contributed by atoms with Gasteiger partial charge in [-0.3, -0.25) is 47.9 Å². The highest BCUT2D eigenvalue weighted by Crippen LogP contribution is 2.15. The quantitative estimate of drug-likeness (QED) is 0.0424.